The summed E-state index contributed by atoms with van der Waals surface area (Å²) in [4.78, 5) is 0. The van der Waals surface area contributed by atoms with Crippen LogP contribution in [0.1, 0.15) is 31.9 Å². The molecule has 2 aromatic carbocycles. The summed E-state index contributed by atoms with van der Waals surface area (Å²) in [6.45, 7) is 6.34. The van der Waals surface area contributed by atoms with Crippen molar-refractivity contribution in [3.05, 3.63) is 77.0 Å². The van der Waals surface area contributed by atoms with Crippen molar-refractivity contribution in [2.24, 2.45) is 0 Å². The number of benzene rings is 2. The molecule has 0 bridgehead atoms. The van der Waals surface area contributed by atoms with Gasteiger partial charge in [0.2, 0.25) is 0 Å². The zero-order valence-corrected chi connectivity index (χ0v) is 15.7. The highest BCUT2D eigenvalue weighted by Crippen LogP contribution is 2.46. The Labute approximate surface area is 155 Å². The van der Waals surface area contributed by atoms with Gasteiger partial charge in [-0.3, -0.25) is 0 Å². The molecule has 0 spiro atoms. The van der Waals surface area contributed by atoms with E-state index in [2.05, 4.69) is 12.1 Å². The van der Waals surface area contributed by atoms with Gasteiger partial charge in [0.1, 0.15) is 30.8 Å². The second kappa shape index (κ2) is 6.46. The van der Waals surface area contributed by atoms with Crippen molar-refractivity contribution in [1.29, 1.82) is 0 Å². The summed E-state index contributed by atoms with van der Waals surface area (Å²) in [5, 5.41) is 14.1. The van der Waals surface area contributed by atoms with Gasteiger partial charge >= 0.3 is 0 Å². The minimum Gasteiger partial charge on any atom is -0.632 e. The van der Waals surface area contributed by atoms with Crippen LogP contribution in [0.2, 0.25) is 0 Å². The minimum atomic E-state index is -0.628. The average Bonchev–Trinajstić information content (AvgIpc) is 3.03. The molecule has 138 valence electrons. The maximum Gasteiger partial charge on any atom is 0.164 e. The summed E-state index contributed by atoms with van der Waals surface area (Å²) in [6, 6.07) is 19.9. The van der Waals surface area contributed by atoms with E-state index in [0.29, 0.717) is 13.0 Å². The number of fused-ring (bicyclic) bond motifs is 1. The molecule has 0 aromatic heterocycles. The molecule has 2 saturated heterocycles. The van der Waals surface area contributed by atoms with E-state index in [1.54, 1.807) is 0 Å². The molecule has 2 aliphatic rings. The van der Waals surface area contributed by atoms with Crippen LogP contribution in [0.25, 0.3) is 0 Å². The van der Waals surface area contributed by atoms with Gasteiger partial charge in [-0.25, -0.2) is 0 Å². The fourth-order valence-corrected chi connectivity index (χ4v) is 4.54. The first kappa shape index (κ1) is 17.7. The van der Waals surface area contributed by atoms with Gasteiger partial charge in [-0.05, 0) is 26.3 Å². The normalized spacial score (nSPS) is 35.4. The van der Waals surface area contributed by atoms with Gasteiger partial charge in [0.25, 0.3) is 0 Å². The predicted octanol–water partition coefficient (Wildman–Crippen LogP) is 4.03. The molecule has 0 N–H and O–H groups in total. The van der Waals surface area contributed by atoms with E-state index in [9.17, 15) is 5.21 Å². The van der Waals surface area contributed by atoms with Crippen molar-refractivity contribution in [2.75, 3.05) is 0 Å². The number of rotatable bonds is 4. The number of hydroxylamine groups is 3. The molecule has 5 atom stereocenters. The van der Waals surface area contributed by atoms with Crippen molar-refractivity contribution in [1.82, 2.24) is 0 Å². The predicted molar refractivity (Wildman–Crippen MR) is 101 cm³/mol. The van der Waals surface area contributed by atoms with Gasteiger partial charge in [-0.1, -0.05) is 60.7 Å². The van der Waals surface area contributed by atoms with Crippen molar-refractivity contribution < 1.29 is 14.1 Å². The Morgan fingerprint density at radius 1 is 0.885 bits per heavy atom. The lowest BCUT2D eigenvalue weighted by Crippen LogP contribution is -2.55. The lowest BCUT2D eigenvalue weighted by atomic mass is 10.0. The maximum absolute atomic E-state index is 14.1. The molecule has 0 radical (unpaired) electrons. The van der Waals surface area contributed by atoms with Crippen molar-refractivity contribution in [2.45, 2.75) is 63.8 Å². The third-order valence-corrected chi connectivity index (χ3v) is 5.83. The van der Waals surface area contributed by atoms with Gasteiger partial charge in [0, 0.05) is 12.0 Å². The first-order valence-electron chi connectivity index (χ1n) is 9.41. The number of ether oxygens (including phenoxy) is 2. The summed E-state index contributed by atoms with van der Waals surface area (Å²) in [7, 11) is 0. The molecule has 2 aliphatic heterocycles. The van der Waals surface area contributed by atoms with E-state index in [1.807, 2.05) is 69.3 Å². The molecular formula is C22H27NO3. The number of hydrogen-bond donors (Lipinski definition) is 0. The molecule has 0 saturated carbocycles. The Hall–Kier alpha value is -1.72. The first-order chi connectivity index (χ1) is 12.4. The van der Waals surface area contributed by atoms with Gasteiger partial charge in [-0.2, -0.15) is 0 Å². The standard InChI is InChI=1S/C22H27NO3/c1-16-20-21(26-22(2,3)25-20)19(14-17-10-6-4-7-11-17)23(16,24)15-18-12-8-5-9-13-18/h4-13,16,19-21H,14-15H2,1-3H3/t16-,19+,20-,21+,23?/m1/s1. The molecule has 0 aliphatic carbocycles. The van der Waals surface area contributed by atoms with Crippen molar-refractivity contribution in [3.63, 3.8) is 0 Å². The second-order valence-corrected chi connectivity index (χ2v) is 8.06. The second-order valence-electron chi connectivity index (χ2n) is 8.06. The van der Waals surface area contributed by atoms with Crippen LogP contribution in [0.5, 0.6) is 0 Å². The largest absolute Gasteiger partial charge is 0.632 e. The van der Waals surface area contributed by atoms with E-state index in [4.69, 9.17) is 9.47 Å². The average molecular weight is 353 g/mol. The van der Waals surface area contributed by atoms with Crippen LogP contribution in [0.4, 0.5) is 0 Å². The maximum atomic E-state index is 14.1. The Kier molecular flexibility index (Phi) is 4.40. The molecule has 2 heterocycles. The molecule has 26 heavy (non-hydrogen) atoms. The van der Waals surface area contributed by atoms with Crippen LogP contribution >= 0.6 is 0 Å². The molecule has 4 heteroatoms. The van der Waals surface area contributed by atoms with Gasteiger partial charge < -0.3 is 19.3 Å². The molecule has 2 fully saturated rings. The smallest absolute Gasteiger partial charge is 0.164 e. The highest BCUT2D eigenvalue weighted by atomic mass is 16.8. The van der Waals surface area contributed by atoms with E-state index in [-0.39, 0.29) is 28.9 Å². The molecular weight excluding hydrogens is 326 g/mol. The number of likely N-dealkylation sites (tertiary alicyclic amines) is 1. The minimum absolute atomic E-state index is 0.167. The van der Waals surface area contributed by atoms with Crippen LogP contribution in [-0.2, 0) is 22.4 Å². The van der Waals surface area contributed by atoms with E-state index >= 15 is 0 Å². The van der Waals surface area contributed by atoms with Crippen LogP contribution in [0, 0.1) is 5.21 Å². The quantitative estimate of drug-likeness (QED) is 0.615. The zero-order valence-electron chi connectivity index (χ0n) is 15.7. The van der Waals surface area contributed by atoms with Gasteiger partial charge in [0.15, 0.2) is 5.79 Å². The van der Waals surface area contributed by atoms with Crippen LogP contribution in [0.15, 0.2) is 60.7 Å². The fraction of sp³-hybridized carbons (Fsp3) is 0.455. The molecule has 4 rings (SSSR count). The van der Waals surface area contributed by atoms with Gasteiger partial charge in [-0.15, -0.1) is 0 Å². The summed E-state index contributed by atoms with van der Waals surface area (Å²) >= 11 is 0. The monoisotopic (exact) mass is 353 g/mol. The van der Waals surface area contributed by atoms with E-state index in [0.717, 1.165) is 5.56 Å². The lowest BCUT2D eigenvalue weighted by molar-refractivity contribution is -0.930. The molecule has 1 unspecified atom stereocenters. The summed E-state index contributed by atoms with van der Waals surface area (Å²) in [5.41, 5.74) is 2.23. The highest BCUT2D eigenvalue weighted by Gasteiger charge is 2.62. The van der Waals surface area contributed by atoms with Crippen LogP contribution in [0.3, 0.4) is 0 Å². The molecule has 4 nitrogen and oxygen atoms in total. The number of nitrogens with zero attached hydrogens (tertiary/aromatic N) is 1. The molecule has 2 aromatic rings. The Morgan fingerprint density at radius 3 is 2.04 bits per heavy atom. The first-order valence-corrected chi connectivity index (χ1v) is 9.41. The Bertz CT molecular complexity index is 748. The summed E-state index contributed by atoms with van der Waals surface area (Å²) < 4.78 is 12.1. The van der Waals surface area contributed by atoms with Crippen LogP contribution in [-0.4, -0.2) is 34.7 Å². The van der Waals surface area contributed by atoms with E-state index in [1.165, 1.54) is 5.56 Å². The zero-order chi connectivity index (χ0) is 18.4. The lowest BCUT2D eigenvalue weighted by Gasteiger charge is -2.49. The third kappa shape index (κ3) is 3.08. The Morgan fingerprint density at radius 2 is 1.42 bits per heavy atom. The summed E-state index contributed by atoms with van der Waals surface area (Å²) in [6.07, 6.45) is 0.351. The van der Waals surface area contributed by atoms with E-state index < -0.39 is 5.79 Å². The number of quaternary nitrogens is 1. The van der Waals surface area contributed by atoms with Gasteiger partial charge in [0.05, 0.1) is 0 Å². The highest BCUT2D eigenvalue weighted by molar-refractivity contribution is 5.18. The van der Waals surface area contributed by atoms with Crippen molar-refractivity contribution in [3.8, 4) is 0 Å². The fourth-order valence-electron chi connectivity index (χ4n) is 4.54. The Balaban J connectivity index is 1.68. The molecule has 0 amide bonds. The number of hydrogen-bond acceptors (Lipinski definition) is 3. The SMILES string of the molecule is C[C@@H]1[C@H]2OC(C)(C)O[C@H]2[C@H](Cc2ccccc2)[N+]1([O-])Cc1ccccc1. The van der Waals surface area contributed by atoms with Crippen LogP contribution < -0.4 is 0 Å². The summed E-state index contributed by atoms with van der Waals surface area (Å²) in [5.74, 6) is -0.628. The van der Waals surface area contributed by atoms with Crippen molar-refractivity contribution >= 4 is 0 Å². The topological polar surface area (TPSA) is 41.5 Å². The third-order valence-electron chi connectivity index (χ3n) is 5.83.